The Balaban J connectivity index is 1.73. The summed E-state index contributed by atoms with van der Waals surface area (Å²) in [6.45, 7) is 1.03. The molecule has 0 atom stereocenters. The lowest BCUT2D eigenvalue weighted by molar-refractivity contribution is -0.118. The number of amides is 3. The predicted octanol–water partition coefficient (Wildman–Crippen LogP) is 2.37. The van der Waals surface area contributed by atoms with Crippen LogP contribution in [0.2, 0.25) is 0 Å². The second kappa shape index (κ2) is 7.08. The van der Waals surface area contributed by atoms with Crippen LogP contribution in [-0.4, -0.2) is 48.4 Å². The SMILES string of the molecule is O=C1CN(CCP2CCCCCCCC2)C(=O)N1. The molecule has 2 fully saturated rings. The molecule has 102 valence electrons. The lowest BCUT2D eigenvalue weighted by Crippen LogP contribution is -2.30. The van der Waals surface area contributed by atoms with Gasteiger partial charge in [0.05, 0.1) is 0 Å². The van der Waals surface area contributed by atoms with Crippen molar-refractivity contribution in [3.05, 3.63) is 0 Å². The molecule has 2 aliphatic rings. The summed E-state index contributed by atoms with van der Waals surface area (Å²) in [5.74, 6) is -0.151. The normalized spacial score (nSPS) is 23.4. The van der Waals surface area contributed by atoms with Crippen LogP contribution in [0.3, 0.4) is 0 Å². The molecule has 5 heteroatoms. The Labute approximate surface area is 110 Å². The van der Waals surface area contributed by atoms with Crippen LogP contribution in [-0.2, 0) is 4.79 Å². The Morgan fingerprint density at radius 3 is 2.17 bits per heavy atom. The molecule has 2 aliphatic heterocycles. The fourth-order valence-corrected chi connectivity index (χ4v) is 5.18. The summed E-state index contributed by atoms with van der Waals surface area (Å²) in [7, 11) is 0.0851. The molecule has 0 unspecified atom stereocenters. The van der Waals surface area contributed by atoms with Crippen molar-refractivity contribution in [3.63, 3.8) is 0 Å². The first-order valence-corrected chi connectivity index (χ1v) is 8.96. The quantitative estimate of drug-likeness (QED) is 0.632. The number of carbonyl (C=O) groups is 2. The zero-order valence-electron chi connectivity index (χ0n) is 11.0. The van der Waals surface area contributed by atoms with Gasteiger partial charge in [0, 0.05) is 6.54 Å². The minimum atomic E-state index is -0.195. The van der Waals surface area contributed by atoms with Crippen molar-refractivity contribution < 1.29 is 9.59 Å². The molecule has 2 heterocycles. The van der Waals surface area contributed by atoms with Gasteiger partial charge in [-0.2, -0.15) is 0 Å². The van der Waals surface area contributed by atoms with E-state index in [2.05, 4.69) is 5.32 Å². The van der Waals surface area contributed by atoms with E-state index in [1.807, 2.05) is 0 Å². The second-order valence-electron chi connectivity index (χ2n) is 5.24. The number of hydrogen-bond donors (Lipinski definition) is 1. The van der Waals surface area contributed by atoms with Crippen LogP contribution < -0.4 is 5.32 Å². The van der Waals surface area contributed by atoms with Crippen molar-refractivity contribution in [2.24, 2.45) is 0 Å². The number of carbonyl (C=O) groups excluding carboxylic acids is 2. The first-order valence-electron chi connectivity index (χ1n) is 7.07. The van der Waals surface area contributed by atoms with E-state index in [-0.39, 0.29) is 26.4 Å². The van der Waals surface area contributed by atoms with Crippen LogP contribution in [0.5, 0.6) is 0 Å². The van der Waals surface area contributed by atoms with Gasteiger partial charge < -0.3 is 4.90 Å². The largest absolute Gasteiger partial charge is 0.324 e. The number of nitrogens with one attached hydrogen (secondary N) is 1. The molecule has 0 aliphatic carbocycles. The molecule has 0 bridgehead atoms. The Hall–Kier alpha value is -0.630. The van der Waals surface area contributed by atoms with E-state index in [1.165, 1.54) is 50.8 Å². The maximum atomic E-state index is 11.4. The minimum Gasteiger partial charge on any atom is -0.315 e. The first kappa shape index (κ1) is 13.8. The third kappa shape index (κ3) is 4.24. The summed E-state index contributed by atoms with van der Waals surface area (Å²) in [5, 5.41) is 2.34. The fraction of sp³-hybridized carbons (Fsp3) is 0.846. The van der Waals surface area contributed by atoms with Crippen molar-refractivity contribution in [2.45, 2.75) is 38.5 Å². The van der Waals surface area contributed by atoms with E-state index in [9.17, 15) is 9.59 Å². The van der Waals surface area contributed by atoms with Crippen LogP contribution in [0.15, 0.2) is 0 Å². The maximum Gasteiger partial charge on any atom is 0.324 e. The summed E-state index contributed by atoms with van der Waals surface area (Å²) in [6.07, 6.45) is 12.1. The molecule has 3 amide bonds. The number of urea groups is 1. The van der Waals surface area contributed by atoms with Crippen molar-refractivity contribution in [1.29, 1.82) is 0 Å². The van der Waals surface area contributed by atoms with Gasteiger partial charge in [-0.15, -0.1) is 7.92 Å². The Morgan fingerprint density at radius 2 is 1.61 bits per heavy atom. The lowest BCUT2D eigenvalue weighted by atomic mass is 10.1. The lowest BCUT2D eigenvalue weighted by Gasteiger charge is -2.20. The highest BCUT2D eigenvalue weighted by Crippen LogP contribution is 2.39. The van der Waals surface area contributed by atoms with E-state index in [4.69, 9.17) is 0 Å². The average Bonchev–Trinajstić information content (AvgIpc) is 2.72. The van der Waals surface area contributed by atoms with Crippen molar-refractivity contribution in [1.82, 2.24) is 10.2 Å². The molecule has 0 radical (unpaired) electrons. The molecule has 0 aromatic heterocycles. The topological polar surface area (TPSA) is 49.4 Å². The molecule has 18 heavy (non-hydrogen) atoms. The molecule has 0 aromatic rings. The van der Waals surface area contributed by atoms with Gasteiger partial charge in [-0.25, -0.2) is 4.79 Å². The summed E-state index contributed by atoms with van der Waals surface area (Å²) >= 11 is 0. The zero-order chi connectivity index (χ0) is 12.8. The summed E-state index contributed by atoms with van der Waals surface area (Å²) in [4.78, 5) is 24.2. The molecular weight excluding hydrogens is 247 g/mol. The highest BCUT2D eigenvalue weighted by Gasteiger charge is 2.26. The minimum absolute atomic E-state index is 0.0851. The Kier molecular flexibility index (Phi) is 5.43. The van der Waals surface area contributed by atoms with Crippen molar-refractivity contribution in [3.8, 4) is 0 Å². The number of rotatable bonds is 3. The summed E-state index contributed by atoms with van der Waals surface area (Å²) in [5.41, 5.74) is 0. The molecular formula is C13H23N2O2P. The van der Waals surface area contributed by atoms with E-state index in [0.29, 0.717) is 0 Å². The van der Waals surface area contributed by atoms with E-state index >= 15 is 0 Å². The van der Waals surface area contributed by atoms with Gasteiger partial charge in [0.1, 0.15) is 6.54 Å². The van der Waals surface area contributed by atoms with Gasteiger partial charge in [0.15, 0.2) is 0 Å². The summed E-state index contributed by atoms with van der Waals surface area (Å²) < 4.78 is 0. The van der Waals surface area contributed by atoms with Gasteiger partial charge in [0.25, 0.3) is 0 Å². The number of nitrogens with zero attached hydrogens (tertiary/aromatic N) is 1. The van der Waals surface area contributed by atoms with Crippen LogP contribution in [0.1, 0.15) is 38.5 Å². The molecule has 0 aromatic carbocycles. The molecule has 0 spiro atoms. The second-order valence-corrected chi connectivity index (χ2v) is 7.92. The van der Waals surface area contributed by atoms with Crippen LogP contribution in [0.25, 0.3) is 0 Å². The predicted molar refractivity (Wildman–Crippen MR) is 74.3 cm³/mol. The summed E-state index contributed by atoms with van der Waals surface area (Å²) in [6, 6.07) is -0.195. The van der Waals surface area contributed by atoms with E-state index < -0.39 is 0 Å². The van der Waals surface area contributed by atoms with Gasteiger partial charge in [-0.3, -0.25) is 10.1 Å². The monoisotopic (exact) mass is 270 g/mol. The molecule has 2 saturated heterocycles. The standard InChI is InChI=1S/C13H23N2O2P/c16-12-11-15(13(17)14-12)7-10-18-8-5-3-1-2-4-6-9-18/h1-11H2,(H,14,16,17). The third-order valence-electron chi connectivity index (χ3n) is 3.75. The molecule has 0 saturated carbocycles. The molecule has 2 rings (SSSR count). The number of imide groups is 1. The maximum absolute atomic E-state index is 11.4. The van der Waals surface area contributed by atoms with Crippen LogP contribution in [0, 0.1) is 0 Å². The zero-order valence-corrected chi connectivity index (χ0v) is 11.9. The van der Waals surface area contributed by atoms with Gasteiger partial charge >= 0.3 is 6.03 Å². The smallest absolute Gasteiger partial charge is 0.315 e. The number of hydrogen-bond acceptors (Lipinski definition) is 2. The molecule has 1 N–H and O–H groups in total. The van der Waals surface area contributed by atoms with Gasteiger partial charge in [-0.05, 0) is 31.3 Å². The molecule has 4 nitrogen and oxygen atoms in total. The third-order valence-corrected chi connectivity index (χ3v) is 6.48. The highest BCUT2D eigenvalue weighted by atomic mass is 31.1. The van der Waals surface area contributed by atoms with E-state index in [1.54, 1.807) is 4.90 Å². The van der Waals surface area contributed by atoms with Gasteiger partial charge in [0.2, 0.25) is 5.91 Å². The fourth-order valence-electron chi connectivity index (χ4n) is 2.64. The Morgan fingerprint density at radius 1 is 1.00 bits per heavy atom. The van der Waals surface area contributed by atoms with E-state index in [0.717, 1.165) is 12.7 Å². The van der Waals surface area contributed by atoms with Gasteiger partial charge in [-0.1, -0.05) is 25.7 Å². The van der Waals surface area contributed by atoms with Crippen molar-refractivity contribution in [2.75, 3.05) is 31.6 Å². The van der Waals surface area contributed by atoms with Crippen molar-refractivity contribution >= 4 is 19.9 Å². The Bertz CT molecular complexity index is 299. The van der Waals surface area contributed by atoms with Crippen LogP contribution >= 0.6 is 7.92 Å². The highest BCUT2D eigenvalue weighted by molar-refractivity contribution is 7.57. The van der Waals surface area contributed by atoms with Crippen LogP contribution in [0.4, 0.5) is 4.79 Å². The average molecular weight is 270 g/mol. The first-order chi connectivity index (χ1) is 8.75.